The zero-order valence-electron chi connectivity index (χ0n) is 16.2. The molecule has 154 valence electrons. The van der Waals surface area contributed by atoms with E-state index >= 15 is 0 Å². The van der Waals surface area contributed by atoms with Crippen molar-refractivity contribution in [3.05, 3.63) is 64.4 Å². The molecule has 1 N–H and O–H groups in total. The third-order valence-corrected chi connectivity index (χ3v) is 5.20. The lowest BCUT2D eigenvalue weighted by molar-refractivity contribution is -0.131. The van der Waals surface area contributed by atoms with Crippen molar-refractivity contribution in [3.63, 3.8) is 0 Å². The standard InChI is InChI=1S/C21H23ClFN3O3/c1-29-19-7-6-15(12-18(19)23)14-25-8-10-26(11-9-25)20(27)13-24-21(28)16-4-2-3-5-17(16)22/h2-7,12H,8-11,13-14H2,1H3,(H,24,28). The van der Waals surface area contributed by atoms with Crippen LogP contribution in [-0.2, 0) is 11.3 Å². The number of nitrogens with zero attached hydrogens (tertiary/aromatic N) is 2. The van der Waals surface area contributed by atoms with Gasteiger partial charge in [-0.25, -0.2) is 4.39 Å². The van der Waals surface area contributed by atoms with Crippen LogP contribution in [0.2, 0.25) is 5.02 Å². The zero-order valence-corrected chi connectivity index (χ0v) is 16.9. The maximum atomic E-state index is 13.8. The number of rotatable bonds is 6. The molecule has 1 heterocycles. The van der Waals surface area contributed by atoms with Gasteiger partial charge in [-0.15, -0.1) is 0 Å². The molecule has 0 aromatic heterocycles. The molecule has 0 bridgehead atoms. The fourth-order valence-corrected chi connectivity index (χ4v) is 3.45. The Morgan fingerprint density at radius 3 is 2.52 bits per heavy atom. The van der Waals surface area contributed by atoms with Crippen molar-refractivity contribution in [1.29, 1.82) is 0 Å². The maximum Gasteiger partial charge on any atom is 0.253 e. The molecular formula is C21H23ClFN3O3. The van der Waals surface area contributed by atoms with Gasteiger partial charge in [0.25, 0.3) is 5.91 Å². The molecule has 0 unspecified atom stereocenters. The highest BCUT2D eigenvalue weighted by atomic mass is 35.5. The summed E-state index contributed by atoms with van der Waals surface area (Å²) in [6.07, 6.45) is 0. The lowest BCUT2D eigenvalue weighted by Crippen LogP contribution is -2.50. The second-order valence-electron chi connectivity index (χ2n) is 6.79. The molecule has 2 amide bonds. The zero-order chi connectivity index (χ0) is 20.8. The van der Waals surface area contributed by atoms with Gasteiger partial charge in [-0.3, -0.25) is 14.5 Å². The summed E-state index contributed by atoms with van der Waals surface area (Å²) >= 11 is 6.00. The number of piperazine rings is 1. The second kappa shape index (κ2) is 9.71. The predicted octanol–water partition coefficient (Wildman–Crippen LogP) is 2.56. The van der Waals surface area contributed by atoms with Crippen LogP contribution in [0.3, 0.4) is 0 Å². The molecule has 0 saturated carbocycles. The minimum atomic E-state index is -0.381. The topological polar surface area (TPSA) is 61.9 Å². The third kappa shape index (κ3) is 5.46. The summed E-state index contributed by atoms with van der Waals surface area (Å²) in [5, 5.41) is 2.97. The van der Waals surface area contributed by atoms with Crippen molar-refractivity contribution in [2.24, 2.45) is 0 Å². The monoisotopic (exact) mass is 419 g/mol. The van der Waals surface area contributed by atoms with Gasteiger partial charge in [0.05, 0.1) is 24.2 Å². The fraction of sp³-hybridized carbons (Fsp3) is 0.333. The smallest absolute Gasteiger partial charge is 0.253 e. The molecule has 2 aromatic carbocycles. The Labute approximate surface area is 174 Å². The van der Waals surface area contributed by atoms with Gasteiger partial charge in [-0.2, -0.15) is 0 Å². The molecular weight excluding hydrogens is 397 g/mol. The van der Waals surface area contributed by atoms with Gasteiger partial charge >= 0.3 is 0 Å². The quantitative estimate of drug-likeness (QED) is 0.781. The molecule has 0 aliphatic carbocycles. The van der Waals surface area contributed by atoms with Crippen molar-refractivity contribution in [1.82, 2.24) is 15.1 Å². The largest absolute Gasteiger partial charge is 0.494 e. The first-order valence-electron chi connectivity index (χ1n) is 9.33. The molecule has 1 aliphatic rings. The van der Waals surface area contributed by atoms with Crippen molar-refractivity contribution in [3.8, 4) is 5.75 Å². The summed E-state index contributed by atoms with van der Waals surface area (Å²) in [6, 6.07) is 11.6. The van der Waals surface area contributed by atoms with E-state index in [0.717, 1.165) is 5.56 Å². The Kier molecular flexibility index (Phi) is 7.06. The Hall–Kier alpha value is -2.64. The van der Waals surface area contributed by atoms with E-state index in [1.807, 2.05) is 6.07 Å². The normalized spacial score (nSPS) is 14.5. The van der Waals surface area contributed by atoms with Gasteiger partial charge in [-0.05, 0) is 29.8 Å². The molecule has 3 rings (SSSR count). The summed E-state index contributed by atoms with van der Waals surface area (Å²) in [4.78, 5) is 28.4. The minimum absolute atomic E-state index is 0.0756. The predicted molar refractivity (Wildman–Crippen MR) is 109 cm³/mol. The van der Waals surface area contributed by atoms with Gasteiger partial charge < -0.3 is 15.0 Å². The van der Waals surface area contributed by atoms with Crippen LogP contribution in [0.4, 0.5) is 4.39 Å². The molecule has 1 aliphatic heterocycles. The van der Waals surface area contributed by atoms with Crippen molar-refractivity contribution in [2.45, 2.75) is 6.54 Å². The van der Waals surface area contributed by atoms with Crippen LogP contribution in [0.5, 0.6) is 5.75 Å². The maximum absolute atomic E-state index is 13.8. The number of hydrogen-bond donors (Lipinski definition) is 1. The Bertz CT molecular complexity index is 885. The summed E-state index contributed by atoms with van der Waals surface area (Å²) in [5.74, 6) is -0.666. The molecule has 1 fully saturated rings. The number of carbonyl (C=O) groups excluding carboxylic acids is 2. The van der Waals surface area contributed by atoms with E-state index in [1.54, 1.807) is 35.2 Å². The van der Waals surface area contributed by atoms with E-state index in [4.69, 9.17) is 16.3 Å². The van der Waals surface area contributed by atoms with Gasteiger partial charge in [0.1, 0.15) is 0 Å². The van der Waals surface area contributed by atoms with E-state index in [1.165, 1.54) is 13.2 Å². The number of carbonyl (C=O) groups is 2. The summed E-state index contributed by atoms with van der Waals surface area (Å²) in [5.41, 5.74) is 1.20. The lowest BCUT2D eigenvalue weighted by atomic mass is 10.1. The van der Waals surface area contributed by atoms with Crippen LogP contribution in [0.25, 0.3) is 0 Å². The molecule has 2 aromatic rings. The molecule has 1 saturated heterocycles. The number of amides is 2. The number of benzene rings is 2. The highest BCUT2D eigenvalue weighted by Gasteiger charge is 2.22. The number of halogens is 2. The number of hydrogen-bond acceptors (Lipinski definition) is 4. The highest BCUT2D eigenvalue weighted by Crippen LogP contribution is 2.19. The van der Waals surface area contributed by atoms with Crippen LogP contribution in [0.15, 0.2) is 42.5 Å². The Balaban J connectivity index is 1.45. The summed E-state index contributed by atoms with van der Waals surface area (Å²) < 4.78 is 18.8. The van der Waals surface area contributed by atoms with Gasteiger partial charge in [0, 0.05) is 32.7 Å². The van der Waals surface area contributed by atoms with Gasteiger partial charge in [0.2, 0.25) is 5.91 Å². The van der Waals surface area contributed by atoms with E-state index < -0.39 is 0 Å². The number of nitrogens with one attached hydrogen (secondary N) is 1. The van der Waals surface area contributed by atoms with Crippen LogP contribution in [0, 0.1) is 5.82 Å². The summed E-state index contributed by atoms with van der Waals surface area (Å²) in [6.45, 7) is 2.99. The van der Waals surface area contributed by atoms with Crippen molar-refractivity contribution >= 4 is 23.4 Å². The average Bonchev–Trinajstić information content (AvgIpc) is 2.73. The summed E-state index contributed by atoms with van der Waals surface area (Å²) in [7, 11) is 1.44. The molecule has 0 radical (unpaired) electrons. The average molecular weight is 420 g/mol. The highest BCUT2D eigenvalue weighted by molar-refractivity contribution is 6.33. The first-order chi connectivity index (χ1) is 14.0. The van der Waals surface area contributed by atoms with E-state index in [2.05, 4.69) is 10.2 Å². The molecule has 0 atom stereocenters. The number of ether oxygens (including phenoxy) is 1. The second-order valence-corrected chi connectivity index (χ2v) is 7.20. The molecule has 6 nitrogen and oxygen atoms in total. The lowest BCUT2D eigenvalue weighted by Gasteiger charge is -2.34. The van der Waals surface area contributed by atoms with Crippen LogP contribution >= 0.6 is 11.6 Å². The SMILES string of the molecule is COc1ccc(CN2CCN(C(=O)CNC(=O)c3ccccc3Cl)CC2)cc1F. The van der Waals surface area contributed by atoms with Crippen LogP contribution in [0.1, 0.15) is 15.9 Å². The van der Waals surface area contributed by atoms with Crippen LogP contribution in [-0.4, -0.2) is 61.4 Å². The van der Waals surface area contributed by atoms with Crippen LogP contribution < -0.4 is 10.1 Å². The first-order valence-corrected chi connectivity index (χ1v) is 9.71. The van der Waals surface area contributed by atoms with Gasteiger partial charge in [0.15, 0.2) is 11.6 Å². The third-order valence-electron chi connectivity index (χ3n) is 4.87. The first kappa shape index (κ1) is 21.1. The van der Waals surface area contributed by atoms with E-state index in [-0.39, 0.29) is 29.9 Å². The Morgan fingerprint density at radius 2 is 1.86 bits per heavy atom. The van der Waals surface area contributed by atoms with Crippen molar-refractivity contribution < 1.29 is 18.7 Å². The molecule has 29 heavy (non-hydrogen) atoms. The van der Waals surface area contributed by atoms with Crippen molar-refractivity contribution in [2.75, 3.05) is 39.8 Å². The van der Waals surface area contributed by atoms with Gasteiger partial charge in [-0.1, -0.05) is 29.8 Å². The van der Waals surface area contributed by atoms with E-state index in [9.17, 15) is 14.0 Å². The minimum Gasteiger partial charge on any atom is -0.494 e. The Morgan fingerprint density at radius 1 is 1.14 bits per heavy atom. The molecule has 8 heteroatoms. The molecule has 0 spiro atoms. The fourth-order valence-electron chi connectivity index (χ4n) is 3.23. The number of methoxy groups -OCH3 is 1. The van der Waals surface area contributed by atoms with E-state index in [0.29, 0.717) is 43.3 Å².